The minimum Gasteiger partial charge on any atom is -0.497 e. The number of hydrogen-bond acceptors (Lipinski definition) is 6. The van der Waals surface area contributed by atoms with Crippen molar-refractivity contribution in [2.24, 2.45) is 5.84 Å². The van der Waals surface area contributed by atoms with E-state index < -0.39 is 0 Å². The van der Waals surface area contributed by atoms with Crippen LogP contribution in [0.3, 0.4) is 0 Å². The molecule has 6 nitrogen and oxygen atoms in total. The normalized spacial score (nSPS) is 10.1. The van der Waals surface area contributed by atoms with Gasteiger partial charge in [0.25, 0.3) is 0 Å². The van der Waals surface area contributed by atoms with E-state index in [2.05, 4.69) is 36.6 Å². The summed E-state index contributed by atoms with van der Waals surface area (Å²) >= 11 is 3.43. The number of nitrogen functional groups attached to an aromatic ring is 1. The molecule has 0 radical (unpaired) electrons. The van der Waals surface area contributed by atoms with Gasteiger partial charge < -0.3 is 15.5 Å². The molecule has 0 aliphatic rings. The molecule has 2 aromatic rings. The van der Waals surface area contributed by atoms with Crippen molar-refractivity contribution in [1.82, 2.24) is 9.97 Å². The summed E-state index contributed by atoms with van der Waals surface area (Å²) in [5.41, 5.74) is 4.22. The Labute approximate surface area is 119 Å². The molecule has 0 fully saturated rings. The Morgan fingerprint density at radius 2 is 1.95 bits per heavy atom. The Kier molecular flexibility index (Phi) is 4.18. The van der Waals surface area contributed by atoms with Gasteiger partial charge in [0.15, 0.2) is 0 Å². The fourth-order valence-corrected chi connectivity index (χ4v) is 2.08. The van der Waals surface area contributed by atoms with Crippen molar-refractivity contribution < 1.29 is 4.74 Å². The third kappa shape index (κ3) is 3.12. The average molecular weight is 324 g/mol. The van der Waals surface area contributed by atoms with E-state index in [1.807, 2.05) is 25.1 Å². The van der Waals surface area contributed by atoms with Crippen LogP contribution < -0.4 is 21.3 Å². The van der Waals surface area contributed by atoms with E-state index in [9.17, 15) is 0 Å². The molecule has 0 unspecified atom stereocenters. The predicted molar refractivity (Wildman–Crippen MR) is 78.6 cm³/mol. The molecule has 1 heterocycles. The summed E-state index contributed by atoms with van der Waals surface area (Å²) in [7, 11) is 1.62. The number of halogens is 1. The Balaban J connectivity index is 2.33. The number of ether oxygens (including phenoxy) is 1. The van der Waals surface area contributed by atoms with Crippen LogP contribution >= 0.6 is 15.9 Å². The maximum atomic E-state index is 5.39. The highest BCUT2D eigenvalue weighted by Gasteiger charge is 2.07. The van der Waals surface area contributed by atoms with Crippen molar-refractivity contribution in [2.75, 3.05) is 17.9 Å². The molecule has 0 aliphatic heterocycles. The first-order valence-corrected chi connectivity index (χ1v) is 6.33. The molecular weight excluding hydrogens is 310 g/mol. The van der Waals surface area contributed by atoms with Gasteiger partial charge in [-0.25, -0.2) is 15.8 Å². The van der Waals surface area contributed by atoms with Crippen LogP contribution in [-0.4, -0.2) is 17.1 Å². The molecule has 4 N–H and O–H groups in total. The van der Waals surface area contributed by atoms with Crippen molar-refractivity contribution >= 4 is 33.3 Å². The number of methoxy groups -OCH3 is 1. The Hall–Kier alpha value is -1.86. The highest BCUT2D eigenvalue weighted by molar-refractivity contribution is 9.10. The summed E-state index contributed by atoms with van der Waals surface area (Å²) < 4.78 is 6.13. The SMILES string of the molecule is COc1cc(Br)cc(Nc2ncnc(NN)c2C)c1. The van der Waals surface area contributed by atoms with Gasteiger partial charge in [0.1, 0.15) is 23.7 Å². The molecule has 19 heavy (non-hydrogen) atoms. The topological polar surface area (TPSA) is 85.1 Å². The molecule has 0 saturated heterocycles. The zero-order chi connectivity index (χ0) is 13.8. The van der Waals surface area contributed by atoms with Crippen LogP contribution in [-0.2, 0) is 0 Å². The van der Waals surface area contributed by atoms with E-state index in [-0.39, 0.29) is 0 Å². The first-order chi connectivity index (χ1) is 9.13. The Bertz CT molecular complexity index is 590. The summed E-state index contributed by atoms with van der Waals surface area (Å²) in [5, 5.41) is 3.21. The lowest BCUT2D eigenvalue weighted by Gasteiger charge is -2.12. The Morgan fingerprint density at radius 1 is 1.21 bits per heavy atom. The smallest absolute Gasteiger partial charge is 0.148 e. The lowest BCUT2D eigenvalue weighted by atomic mass is 10.2. The summed E-state index contributed by atoms with van der Waals surface area (Å²) in [4.78, 5) is 8.22. The van der Waals surface area contributed by atoms with Crippen LogP contribution in [0, 0.1) is 6.92 Å². The second kappa shape index (κ2) is 5.85. The largest absolute Gasteiger partial charge is 0.497 e. The second-order valence-corrected chi connectivity index (χ2v) is 4.76. The van der Waals surface area contributed by atoms with Crippen molar-refractivity contribution in [3.05, 3.63) is 34.6 Å². The number of nitrogens with two attached hydrogens (primary N) is 1. The van der Waals surface area contributed by atoms with E-state index >= 15 is 0 Å². The number of hydrazine groups is 1. The molecule has 7 heteroatoms. The highest BCUT2D eigenvalue weighted by atomic mass is 79.9. The molecule has 0 aliphatic carbocycles. The van der Waals surface area contributed by atoms with Gasteiger partial charge in [-0.05, 0) is 19.1 Å². The molecule has 0 bridgehead atoms. The molecule has 0 spiro atoms. The molecule has 0 amide bonds. The van der Waals surface area contributed by atoms with Crippen LogP contribution in [0.2, 0.25) is 0 Å². The van der Waals surface area contributed by atoms with Crippen molar-refractivity contribution in [2.45, 2.75) is 6.92 Å². The molecule has 2 rings (SSSR count). The summed E-state index contributed by atoms with van der Waals surface area (Å²) in [6.45, 7) is 1.88. The average Bonchev–Trinajstić information content (AvgIpc) is 2.40. The lowest BCUT2D eigenvalue weighted by molar-refractivity contribution is 0.415. The summed E-state index contributed by atoms with van der Waals surface area (Å²) in [6, 6.07) is 5.69. The van der Waals surface area contributed by atoms with E-state index in [0.717, 1.165) is 21.5 Å². The predicted octanol–water partition coefficient (Wildman–Crippen LogP) is 2.59. The Morgan fingerprint density at radius 3 is 2.63 bits per heavy atom. The number of benzene rings is 1. The third-order valence-corrected chi connectivity index (χ3v) is 3.05. The third-order valence-electron chi connectivity index (χ3n) is 2.59. The number of nitrogens with zero attached hydrogens (tertiary/aromatic N) is 2. The van der Waals surface area contributed by atoms with E-state index in [1.165, 1.54) is 6.33 Å². The number of rotatable bonds is 4. The second-order valence-electron chi connectivity index (χ2n) is 3.84. The molecule has 100 valence electrons. The molecule has 0 atom stereocenters. The summed E-state index contributed by atoms with van der Waals surface area (Å²) in [5.74, 6) is 7.40. The fourth-order valence-electron chi connectivity index (χ4n) is 1.61. The van der Waals surface area contributed by atoms with Gasteiger partial charge in [-0.1, -0.05) is 15.9 Å². The van der Waals surface area contributed by atoms with Gasteiger partial charge in [0.05, 0.1) is 7.11 Å². The molecule has 1 aromatic heterocycles. The quantitative estimate of drug-likeness (QED) is 0.592. The number of anilines is 3. The number of hydrogen-bond donors (Lipinski definition) is 3. The molecule has 0 saturated carbocycles. The number of nitrogens with one attached hydrogen (secondary N) is 2. The van der Waals surface area contributed by atoms with Crippen LogP contribution in [0.15, 0.2) is 29.0 Å². The molecular formula is C12H14BrN5O. The van der Waals surface area contributed by atoms with E-state index in [1.54, 1.807) is 7.11 Å². The van der Waals surface area contributed by atoms with Gasteiger partial charge in [-0.2, -0.15) is 0 Å². The lowest BCUT2D eigenvalue weighted by Crippen LogP contribution is -2.11. The standard InChI is InChI=1S/C12H14BrN5O/c1-7-11(15-6-16-12(7)18-14)17-9-3-8(13)4-10(5-9)19-2/h3-6H,14H2,1-2H3,(H2,15,16,17,18). The van der Waals surface area contributed by atoms with Crippen LogP contribution in [0.5, 0.6) is 5.75 Å². The maximum Gasteiger partial charge on any atom is 0.148 e. The van der Waals surface area contributed by atoms with Crippen molar-refractivity contribution in [1.29, 1.82) is 0 Å². The van der Waals surface area contributed by atoms with Gasteiger partial charge >= 0.3 is 0 Å². The van der Waals surface area contributed by atoms with E-state index in [0.29, 0.717) is 11.6 Å². The first kappa shape index (κ1) is 13.6. The first-order valence-electron chi connectivity index (χ1n) is 5.54. The maximum absolute atomic E-state index is 5.39. The van der Waals surface area contributed by atoms with Gasteiger partial charge in [0.2, 0.25) is 0 Å². The summed E-state index contributed by atoms with van der Waals surface area (Å²) in [6.07, 6.45) is 1.44. The monoisotopic (exact) mass is 323 g/mol. The van der Waals surface area contributed by atoms with Gasteiger partial charge in [-0.15, -0.1) is 0 Å². The minimum atomic E-state index is 0.583. The number of aromatic nitrogens is 2. The van der Waals surface area contributed by atoms with E-state index in [4.69, 9.17) is 10.6 Å². The van der Waals surface area contributed by atoms with Crippen molar-refractivity contribution in [3.63, 3.8) is 0 Å². The zero-order valence-corrected chi connectivity index (χ0v) is 12.2. The van der Waals surface area contributed by atoms with Crippen molar-refractivity contribution in [3.8, 4) is 5.75 Å². The van der Waals surface area contributed by atoms with Gasteiger partial charge in [-0.3, -0.25) is 0 Å². The van der Waals surface area contributed by atoms with Crippen LogP contribution in [0.1, 0.15) is 5.56 Å². The van der Waals surface area contributed by atoms with Crippen LogP contribution in [0.4, 0.5) is 17.3 Å². The molecule has 1 aromatic carbocycles. The van der Waals surface area contributed by atoms with Crippen LogP contribution in [0.25, 0.3) is 0 Å². The minimum absolute atomic E-state index is 0.583. The zero-order valence-electron chi connectivity index (χ0n) is 10.6. The fraction of sp³-hybridized carbons (Fsp3) is 0.167. The highest BCUT2D eigenvalue weighted by Crippen LogP contribution is 2.28. The van der Waals surface area contributed by atoms with Gasteiger partial charge in [0, 0.05) is 21.8 Å².